The van der Waals surface area contributed by atoms with Gasteiger partial charge < -0.3 is 15.7 Å². The number of nitrogens with one attached hydrogen (secondary N) is 2. The van der Waals surface area contributed by atoms with Crippen LogP contribution in [0.1, 0.15) is 24.9 Å². The minimum Gasteiger partial charge on any atom is -0.508 e. The summed E-state index contributed by atoms with van der Waals surface area (Å²) in [6.45, 7) is 4.06. The summed E-state index contributed by atoms with van der Waals surface area (Å²) in [4.78, 5) is 0. The molecule has 0 spiro atoms. The van der Waals surface area contributed by atoms with E-state index in [0.29, 0.717) is 11.8 Å². The number of aromatic hydroxyl groups is 1. The first-order chi connectivity index (χ1) is 6.81. The molecule has 3 nitrogen and oxygen atoms in total. The molecular formula is C11H16N2O. The van der Waals surface area contributed by atoms with Crippen LogP contribution < -0.4 is 10.6 Å². The zero-order valence-corrected chi connectivity index (χ0v) is 8.38. The zero-order valence-electron chi connectivity index (χ0n) is 8.38. The molecule has 1 aromatic rings. The third kappa shape index (κ3) is 1.68. The van der Waals surface area contributed by atoms with Gasteiger partial charge in [-0.25, -0.2) is 0 Å². The predicted octanol–water partition coefficient (Wildman–Crippen LogP) is 1.86. The van der Waals surface area contributed by atoms with Crippen molar-refractivity contribution >= 4 is 5.69 Å². The molecular weight excluding hydrogens is 176 g/mol. The average molecular weight is 192 g/mol. The van der Waals surface area contributed by atoms with E-state index in [9.17, 15) is 5.11 Å². The third-order valence-electron chi connectivity index (χ3n) is 2.61. The smallest absolute Gasteiger partial charge is 0.116 e. The van der Waals surface area contributed by atoms with Crippen molar-refractivity contribution in [3.8, 4) is 5.75 Å². The summed E-state index contributed by atoms with van der Waals surface area (Å²) >= 11 is 0. The van der Waals surface area contributed by atoms with E-state index < -0.39 is 0 Å². The van der Waals surface area contributed by atoms with Gasteiger partial charge in [0.25, 0.3) is 0 Å². The Kier molecular flexibility index (Phi) is 2.59. The Morgan fingerprint density at radius 3 is 3.21 bits per heavy atom. The van der Waals surface area contributed by atoms with Crippen molar-refractivity contribution in [2.24, 2.45) is 0 Å². The number of hydrogen-bond acceptors (Lipinski definition) is 3. The minimum absolute atomic E-state index is 0.343. The maximum atomic E-state index is 9.42. The molecule has 0 saturated heterocycles. The molecule has 0 aliphatic carbocycles. The van der Waals surface area contributed by atoms with Crippen LogP contribution in [0.15, 0.2) is 18.2 Å². The molecule has 76 valence electrons. The minimum atomic E-state index is 0.343. The van der Waals surface area contributed by atoms with Crippen LogP contribution in [0.4, 0.5) is 5.69 Å². The van der Waals surface area contributed by atoms with Gasteiger partial charge in [-0.3, -0.25) is 0 Å². The van der Waals surface area contributed by atoms with Gasteiger partial charge in [0.05, 0.1) is 0 Å². The molecule has 0 amide bonds. The van der Waals surface area contributed by atoms with E-state index in [0.717, 1.165) is 25.2 Å². The Morgan fingerprint density at radius 2 is 2.43 bits per heavy atom. The van der Waals surface area contributed by atoms with Crippen LogP contribution >= 0.6 is 0 Å². The standard InChI is InChI=1S/C11H16N2O/c1-2-12-11-5-6-13-10-4-3-8(14)7-9(10)11/h3-4,7,11-14H,2,5-6H2,1H3. The average Bonchev–Trinajstić information content (AvgIpc) is 2.19. The lowest BCUT2D eigenvalue weighted by atomic mass is 9.97. The van der Waals surface area contributed by atoms with E-state index in [-0.39, 0.29) is 0 Å². The highest BCUT2D eigenvalue weighted by Gasteiger charge is 2.18. The molecule has 0 fully saturated rings. The molecule has 3 N–H and O–H groups in total. The number of hydrogen-bond donors (Lipinski definition) is 3. The Bertz CT molecular complexity index is 325. The van der Waals surface area contributed by atoms with E-state index in [1.54, 1.807) is 6.07 Å². The van der Waals surface area contributed by atoms with Gasteiger partial charge in [0.1, 0.15) is 5.75 Å². The van der Waals surface area contributed by atoms with Gasteiger partial charge in [-0.05, 0) is 36.7 Å². The van der Waals surface area contributed by atoms with Crippen molar-refractivity contribution in [3.05, 3.63) is 23.8 Å². The summed E-state index contributed by atoms with van der Waals surface area (Å²) in [7, 11) is 0. The normalized spacial score (nSPS) is 19.9. The Morgan fingerprint density at radius 1 is 1.57 bits per heavy atom. The molecule has 1 atom stereocenters. The molecule has 1 aliphatic heterocycles. The monoisotopic (exact) mass is 192 g/mol. The Balaban J connectivity index is 2.32. The van der Waals surface area contributed by atoms with E-state index in [1.165, 1.54) is 5.56 Å². The molecule has 1 unspecified atom stereocenters. The summed E-state index contributed by atoms with van der Waals surface area (Å²) in [6, 6.07) is 5.88. The molecule has 14 heavy (non-hydrogen) atoms. The lowest BCUT2D eigenvalue weighted by molar-refractivity contribution is 0.468. The van der Waals surface area contributed by atoms with E-state index in [1.807, 2.05) is 12.1 Å². The molecule has 3 heteroatoms. The first kappa shape index (κ1) is 9.34. The van der Waals surface area contributed by atoms with Crippen molar-refractivity contribution in [1.82, 2.24) is 5.32 Å². The number of rotatable bonds is 2. The molecule has 0 radical (unpaired) electrons. The van der Waals surface area contributed by atoms with E-state index >= 15 is 0 Å². The molecule has 1 aliphatic rings. The van der Waals surface area contributed by atoms with Crippen LogP contribution in [0, 0.1) is 0 Å². The van der Waals surface area contributed by atoms with Crippen molar-refractivity contribution < 1.29 is 5.11 Å². The highest BCUT2D eigenvalue weighted by molar-refractivity contribution is 5.57. The molecule has 1 aromatic carbocycles. The van der Waals surface area contributed by atoms with Gasteiger partial charge in [-0.2, -0.15) is 0 Å². The molecule has 2 rings (SSSR count). The second-order valence-corrected chi connectivity index (χ2v) is 3.60. The fraction of sp³-hybridized carbons (Fsp3) is 0.455. The fourth-order valence-corrected chi connectivity index (χ4v) is 1.96. The number of benzene rings is 1. The number of fused-ring (bicyclic) bond motifs is 1. The van der Waals surface area contributed by atoms with E-state index in [4.69, 9.17) is 0 Å². The van der Waals surface area contributed by atoms with Crippen molar-refractivity contribution in [2.45, 2.75) is 19.4 Å². The van der Waals surface area contributed by atoms with Crippen LogP contribution in [0.25, 0.3) is 0 Å². The largest absolute Gasteiger partial charge is 0.508 e. The molecule has 0 aromatic heterocycles. The van der Waals surface area contributed by atoms with Gasteiger partial charge in [0.2, 0.25) is 0 Å². The summed E-state index contributed by atoms with van der Waals surface area (Å²) < 4.78 is 0. The summed E-state index contributed by atoms with van der Waals surface area (Å²) in [6.07, 6.45) is 1.07. The predicted molar refractivity (Wildman–Crippen MR) is 57.6 cm³/mol. The van der Waals surface area contributed by atoms with Crippen molar-refractivity contribution in [3.63, 3.8) is 0 Å². The lowest BCUT2D eigenvalue weighted by Gasteiger charge is -2.27. The van der Waals surface area contributed by atoms with E-state index in [2.05, 4.69) is 17.6 Å². The van der Waals surface area contributed by atoms with Gasteiger partial charge in [0, 0.05) is 18.3 Å². The topological polar surface area (TPSA) is 44.3 Å². The highest BCUT2D eigenvalue weighted by Crippen LogP contribution is 2.32. The maximum Gasteiger partial charge on any atom is 0.116 e. The van der Waals surface area contributed by atoms with Crippen molar-refractivity contribution in [2.75, 3.05) is 18.4 Å². The van der Waals surface area contributed by atoms with Crippen LogP contribution in [0.2, 0.25) is 0 Å². The first-order valence-corrected chi connectivity index (χ1v) is 5.11. The van der Waals surface area contributed by atoms with Crippen LogP contribution in [-0.4, -0.2) is 18.2 Å². The Hall–Kier alpha value is -1.22. The van der Waals surface area contributed by atoms with Crippen LogP contribution in [0.5, 0.6) is 5.75 Å². The third-order valence-corrected chi connectivity index (χ3v) is 2.61. The SMILES string of the molecule is CCNC1CCNc2ccc(O)cc21. The highest BCUT2D eigenvalue weighted by atomic mass is 16.3. The lowest BCUT2D eigenvalue weighted by Crippen LogP contribution is -2.27. The summed E-state index contributed by atoms with van der Waals surface area (Å²) in [5.41, 5.74) is 2.32. The molecule has 0 saturated carbocycles. The fourth-order valence-electron chi connectivity index (χ4n) is 1.96. The number of phenols is 1. The Labute approximate surface area is 84.1 Å². The second-order valence-electron chi connectivity index (χ2n) is 3.60. The zero-order chi connectivity index (χ0) is 9.97. The van der Waals surface area contributed by atoms with Gasteiger partial charge in [-0.1, -0.05) is 6.92 Å². The van der Waals surface area contributed by atoms with Crippen molar-refractivity contribution in [1.29, 1.82) is 0 Å². The molecule has 1 heterocycles. The van der Waals surface area contributed by atoms with Gasteiger partial charge in [0.15, 0.2) is 0 Å². The maximum absolute atomic E-state index is 9.42. The van der Waals surface area contributed by atoms with Crippen LogP contribution in [0.3, 0.4) is 0 Å². The summed E-state index contributed by atoms with van der Waals surface area (Å²) in [5.74, 6) is 0.343. The van der Waals surface area contributed by atoms with Gasteiger partial charge >= 0.3 is 0 Å². The van der Waals surface area contributed by atoms with Gasteiger partial charge in [-0.15, -0.1) is 0 Å². The quantitative estimate of drug-likeness (QED) is 0.627. The first-order valence-electron chi connectivity index (χ1n) is 5.11. The second kappa shape index (κ2) is 3.88. The molecule has 0 bridgehead atoms. The number of phenolic OH excluding ortho intramolecular Hbond substituents is 1. The van der Waals surface area contributed by atoms with Crippen LogP contribution in [-0.2, 0) is 0 Å². The summed E-state index contributed by atoms with van der Waals surface area (Å²) in [5, 5.41) is 16.2. The number of anilines is 1.